The van der Waals surface area contributed by atoms with Crippen molar-refractivity contribution in [1.29, 1.82) is 0 Å². The molecule has 0 bridgehead atoms. The van der Waals surface area contributed by atoms with E-state index in [-0.39, 0.29) is 5.70 Å². The topological polar surface area (TPSA) is 92.7 Å². The maximum Gasteiger partial charge on any atom is 0.329 e. The number of amides is 4. The predicted octanol–water partition coefficient (Wildman–Crippen LogP) is 4.17. The van der Waals surface area contributed by atoms with Crippen molar-refractivity contribution >= 4 is 40.4 Å². The maximum absolute atomic E-state index is 12.9. The summed E-state index contributed by atoms with van der Waals surface area (Å²) in [5.74, 6) is -0.397. The molecule has 2 heterocycles. The zero-order valence-electron chi connectivity index (χ0n) is 18.9. The molecule has 3 aromatic carbocycles. The highest BCUT2D eigenvalue weighted by Gasteiger charge is 2.35. The molecule has 1 aliphatic rings. The largest absolute Gasteiger partial charge is 0.497 e. The summed E-state index contributed by atoms with van der Waals surface area (Å²) in [6.07, 6.45) is 3.49. The number of imide groups is 1. The van der Waals surface area contributed by atoms with E-state index in [1.807, 2.05) is 59.3 Å². The Bertz CT molecular complexity index is 1470. The molecule has 35 heavy (non-hydrogen) atoms. The molecule has 1 aliphatic heterocycles. The van der Waals surface area contributed by atoms with Crippen molar-refractivity contribution < 1.29 is 19.1 Å². The number of carbonyl (C=O) groups is 3. The average molecular weight is 466 g/mol. The van der Waals surface area contributed by atoms with Crippen molar-refractivity contribution in [3.05, 3.63) is 96.5 Å². The molecule has 1 saturated heterocycles. The van der Waals surface area contributed by atoms with Gasteiger partial charge in [0.1, 0.15) is 18.0 Å². The van der Waals surface area contributed by atoms with E-state index in [2.05, 4.69) is 16.7 Å². The van der Waals surface area contributed by atoms with Crippen LogP contribution in [-0.4, -0.2) is 41.0 Å². The molecule has 8 nitrogen and oxygen atoms in total. The van der Waals surface area contributed by atoms with Crippen molar-refractivity contribution in [3.63, 3.8) is 0 Å². The molecular weight excluding hydrogens is 444 g/mol. The van der Waals surface area contributed by atoms with E-state index in [1.165, 1.54) is 0 Å². The van der Waals surface area contributed by atoms with Crippen LogP contribution in [0.4, 0.5) is 10.5 Å². The van der Waals surface area contributed by atoms with Crippen LogP contribution in [0.15, 0.2) is 90.8 Å². The lowest BCUT2D eigenvalue weighted by atomic mass is 10.1. The summed E-state index contributed by atoms with van der Waals surface area (Å²) < 4.78 is 7.02. The average Bonchev–Trinajstić information content (AvgIpc) is 3.44. The van der Waals surface area contributed by atoms with Gasteiger partial charge in [0.25, 0.3) is 5.91 Å². The van der Waals surface area contributed by atoms with Crippen molar-refractivity contribution in [1.82, 2.24) is 14.8 Å². The van der Waals surface area contributed by atoms with Gasteiger partial charge in [-0.1, -0.05) is 30.3 Å². The molecule has 0 unspecified atom stereocenters. The third-order valence-corrected chi connectivity index (χ3v) is 5.72. The molecule has 4 aromatic rings. The lowest BCUT2D eigenvalue weighted by Gasteiger charge is -2.12. The molecule has 2 N–H and O–H groups in total. The number of rotatable bonds is 6. The molecule has 0 spiro atoms. The number of hydrogen-bond acceptors (Lipinski definition) is 4. The Balaban J connectivity index is 1.32. The van der Waals surface area contributed by atoms with Gasteiger partial charge in [-0.05, 0) is 65.4 Å². The first-order valence-corrected chi connectivity index (χ1v) is 11.0. The molecule has 5 rings (SSSR count). The number of urea groups is 1. The Morgan fingerprint density at radius 1 is 0.971 bits per heavy atom. The van der Waals surface area contributed by atoms with E-state index in [0.29, 0.717) is 17.1 Å². The number of nitrogens with one attached hydrogen (secondary N) is 2. The van der Waals surface area contributed by atoms with E-state index in [9.17, 15) is 14.4 Å². The van der Waals surface area contributed by atoms with Crippen LogP contribution in [0, 0.1) is 0 Å². The fourth-order valence-electron chi connectivity index (χ4n) is 3.95. The van der Waals surface area contributed by atoms with Crippen molar-refractivity contribution in [2.24, 2.45) is 0 Å². The monoisotopic (exact) mass is 466 g/mol. The SMILES string of the molecule is COc1ccc(NC(=O)CN2C(=O)N/C(=C\c3cccn3-c3ccc4ccccc4c3)C2=O)cc1. The summed E-state index contributed by atoms with van der Waals surface area (Å²) in [7, 11) is 1.55. The van der Waals surface area contributed by atoms with Crippen LogP contribution in [0.3, 0.4) is 0 Å². The van der Waals surface area contributed by atoms with Gasteiger partial charge in [0, 0.05) is 23.3 Å². The fraction of sp³-hybridized carbons (Fsp3) is 0.0741. The van der Waals surface area contributed by atoms with Gasteiger partial charge in [0.05, 0.1) is 7.11 Å². The molecule has 0 saturated carbocycles. The van der Waals surface area contributed by atoms with E-state index < -0.39 is 24.4 Å². The molecule has 8 heteroatoms. The van der Waals surface area contributed by atoms with Gasteiger partial charge >= 0.3 is 6.03 Å². The molecular formula is C27H22N4O4. The maximum atomic E-state index is 12.9. The second kappa shape index (κ2) is 9.18. The Morgan fingerprint density at radius 2 is 1.74 bits per heavy atom. The van der Waals surface area contributed by atoms with E-state index in [1.54, 1.807) is 37.5 Å². The predicted molar refractivity (Wildman–Crippen MR) is 133 cm³/mol. The number of ether oxygens (including phenoxy) is 1. The Morgan fingerprint density at radius 3 is 2.51 bits per heavy atom. The number of anilines is 1. The standard InChI is InChI=1S/C27H22N4O4/c1-35-23-12-9-20(10-13-23)28-25(32)17-31-26(33)24(29-27(31)34)16-21-7-4-14-30(21)22-11-8-18-5-2-3-6-19(18)15-22/h2-16H,17H2,1H3,(H,28,32)(H,29,34)/b24-16-. The smallest absolute Gasteiger partial charge is 0.329 e. The van der Waals surface area contributed by atoms with E-state index >= 15 is 0 Å². The van der Waals surface area contributed by atoms with Gasteiger partial charge in [-0.25, -0.2) is 9.69 Å². The summed E-state index contributed by atoms with van der Waals surface area (Å²) >= 11 is 0. The Labute approximate surface area is 201 Å². The number of hydrogen-bond donors (Lipinski definition) is 2. The van der Waals surface area contributed by atoms with Gasteiger partial charge in [-0.3, -0.25) is 9.59 Å². The first-order valence-electron chi connectivity index (χ1n) is 11.0. The zero-order chi connectivity index (χ0) is 24.4. The quantitative estimate of drug-likeness (QED) is 0.330. The number of nitrogens with zero attached hydrogens (tertiary/aromatic N) is 2. The van der Waals surface area contributed by atoms with Gasteiger partial charge < -0.3 is 19.9 Å². The summed E-state index contributed by atoms with van der Waals surface area (Å²) in [5.41, 5.74) is 2.28. The third kappa shape index (κ3) is 4.49. The highest BCUT2D eigenvalue weighted by atomic mass is 16.5. The second-order valence-electron chi connectivity index (χ2n) is 7.99. The number of fused-ring (bicyclic) bond motifs is 1. The molecule has 4 amide bonds. The molecule has 174 valence electrons. The molecule has 1 aromatic heterocycles. The van der Waals surface area contributed by atoms with Gasteiger partial charge in [0.15, 0.2) is 0 Å². The number of methoxy groups -OCH3 is 1. The van der Waals surface area contributed by atoms with Gasteiger partial charge in [0.2, 0.25) is 5.91 Å². The van der Waals surface area contributed by atoms with Crippen LogP contribution >= 0.6 is 0 Å². The second-order valence-corrected chi connectivity index (χ2v) is 7.99. The molecule has 1 fully saturated rings. The van der Waals surface area contributed by atoms with E-state index in [4.69, 9.17) is 4.74 Å². The van der Waals surface area contributed by atoms with Crippen LogP contribution in [-0.2, 0) is 9.59 Å². The normalized spacial score (nSPS) is 14.4. The number of benzene rings is 3. The summed E-state index contributed by atoms with van der Waals surface area (Å²) in [5, 5.41) is 7.47. The minimum absolute atomic E-state index is 0.105. The number of aromatic nitrogens is 1. The lowest BCUT2D eigenvalue weighted by Crippen LogP contribution is -2.38. The van der Waals surface area contributed by atoms with Crippen LogP contribution in [0.1, 0.15) is 5.69 Å². The number of carbonyl (C=O) groups excluding carboxylic acids is 3. The lowest BCUT2D eigenvalue weighted by molar-refractivity contribution is -0.127. The first-order chi connectivity index (χ1) is 17.0. The van der Waals surface area contributed by atoms with Crippen LogP contribution < -0.4 is 15.4 Å². The molecule has 0 aliphatic carbocycles. The van der Waals surface area contributed by atoms with Crippen molar-refractivity contribution in [2.45, 2.75) is 0 Å². The summed E-state index contributed by atoms with van der Waals surface area (Å²) in [4.78, 5) is 38.7. The summed E-state index contributed by atoms with van der Waals surface area (Å²) in [6, 6.07) is 24.0. The first kappa shape index (κ1) is 22.0. The highest BCUT2D eigenvalue weighted by Crippen LogP contribution is 2.22. The highest BCUT2D eigenvalue weighted by molar-refractivity contribution is 6.15. The fourth-order valence-corrected chi connectivity index (χ4v) is 3.95. The van der Waals surface area contributed by atoms with Crippen LogP contribution in [0.2, 0.25) is 0 Å². The van der Waals surface area contributed by atoms with Crippen LogP contribution in [0.25, 0.3) is 22.5 Å². The minimum Gasteiger partial charge on any atom is -0.497 e. The third-order valence-electron chi connectivity index (χ3n) is 5.72. The minimum atomic E-state index is -0.644. The van der Waals surface area contributed by atoms with Gasteiger partial charge in [-0.15, -0.1) is 0 Å². The van der Waals surface area contributed by atoms with Crippen molar-refractivity contribution in [2.75, 3.05) is 19.0 Å². The Hall–Kier alpha value is -4.85. The van der Waals surface area contributed by atoms with Gasteiger partial charge in [-0.2, -0.15) is 0 Å². The van der Waals surface area contributed by atoms with Crippen molar-refractivity contribution in [3.8, 4) is 11.4 Å². The summed E-state index contributed by atoms with van der Waals surface area (Å²) in [6.45, 7) is -0.403. The van der Waals surface area contributed by atoms with Crippen LogP contribution in [0.5, 0.6) is 5.75 Å². The molecule has 0 radical (unpaired) electrons. The zero-order valence-corrected chi connectivity index (χ0v) is 18.9. The van der Waals surface area contributed by atoms with E-state index in [0.717, 1.165) is 21.4 Å². The Kier molecular flexibility index (Phi) is 5.76. The molecule has 0 atom stereocenters.